The summed E-state index contributed by atoms with van der Waals surface area (Å²) in [5, 5.41) is 3.30. The van der Waals surface area contributed by atoms with Crippen LogP contribution in [0.1, 0.15) is 46.0 Å². The van der Waals surface area contributed by atoms with Crippen LogP contribution < -0.4 is 5.32 Å². The summed E-state index contributed by atoms with van der Waals surface area (Å²) in [6.07, 6.45) is 6.74. The number of unbranched alkanes of at least 4 members (excludes halogenated alkanes) is 3. The highest BCUT2D eigenvalue weighted by Gasteiger charge is 2.15. The minimum atomic E-state index is 0.311. The van der Waals surface area contributed by atoms with Gasteiger partial charge in [0.15, 0.2) is 0 Å². The molecule has 1 atom stereocenters. The van der Waals surface area contributed by atoms with E-state index >= 15 is 0 Å². The van der Waals surface area contributed by atoms with Crippen molar-refractivity contribution in [1.29, 1.82) is 0 Å². The fourth-order valence-corrected chi connectivity index (χ4v) is 1.39. The maximum Gasteiger partial charge on any atom is 0.0674 e. The predicted octanol–water partition coefficient (Wildman–Crippen LogP) is 3.33. The molecule has 1 nitrogen and oxygen atoms in total. The molecule has 0 radical (unpaired) electrons. The van der Waals surface area contributed by atoms with Gasteiger partial charge in [0, 0.05) is 0 Å². The van der Waals surface area contributed by atoms with Crippen LogP contribution in [0, 0.1) is 0 Å². The van der Waals surface area contributed by atoms with Crippen LogP contribution in [-0.4, -0.2) is 10.6 Å². The van der Waals surface area contributed by atoms with Crippen molar-refractivity contribution in [3.05, 3.63) is 0 Å². The highest BCUT2D eigenvalue weighted by molar-refractivity contribution is 14.1. The van der Waals surface area contributed by atoms with E-state index in [-0.39, 0.29) is 0 Å². The van der Waals surface area contributed by atoms with Crippen LogP contribution in [0.4, 0.5) is 0 Å². The molecule has 0 aliphatic carbocycles. The zero-order valence-electron chi connectivity index (χ0n) is 7.91. The van der Waals surface area contributed by atoms with Gasteiger partial charge in [-0.1, -0.05) is 55.2 Å². The van der Waals surface area contributed by atoms with Crippen molar-refractivity contribution in [2.24, 2.45) is 0 Å². The minimum Gasteiger partial charge on any atom is -0.306 e. The van der Waals surface area contributed by atoms with E-state index in [1.165, 1.54) is 32.1 Å². The van der Waals surface area contributed by atoms with Crippen molar-refractivity contribution in [1.82, 2.24) is 5.32 Å². The molecule has 0 fully saturated rings. The Hall–Kier alpha value is 0.690. The molecule has 0 spiro atoms. The lowest BCUT2D eigenvalue weighted by Gasteiger charge is -2.21. The van der Waals surface area contributed by atoms with E-state index in [0.717, 1.165) is 0 Å². The molecule has 0 aromatic carbocycles. The highest BCUT2D eigenvalue weighted by atomic mass is 127. The fraction of sp³-hybridized carbons (Fsp3) is 1.00. The molecule has 0 heterocycles. The van der Waals surface area contributed by atoms with E-state index in [2.05, 4.69) is 41.8 Å². The number of alkyl halides is 1. The molecule has 0 saturated heterocycles. The summed E-state index contributed by atoms with van der Waals surface area (Å²) in [6, 6.07) is 0. The fourth-order valence-electron chi connectivity index (χ4n) is 1.01. The average molecular weight is 269 g/mol. The lowest BCUT2D eigenvalue weighted by atomic mass is 10.1. The quantitative estimate of drug-likeness (QED) is 0.337. The molecule has 0 aliphatic rings. The first kappa shape index (κ1) is 11.7. The smallest absolute Gasteiger partial charge is 0.0674 e. The summed E-state index contributed by atoms with van der Waals surface area (Å²) in [7, 11) is 2.03. The Balaban J connectivity index is 3.23. The van der Waals surface area contributed by atoms with Crippen molar-refractivity contribution in [3.8, 4) is 0 Å². The number of hydrogen-bond acceptors (Lipinski definition) is 1. The van der Waals surface area contributed by atoms with Gasteiger partial charge in [0.25, 0.3) is 0 Å². The molecule has 11 heavy (non-hydrogen) atoms. The summed E-state index contributed by atoms with van der Waals surface area (Å²) < 4.78 is 0.311. The third-order valence-electron chi connectivity index (χ3n) is 2.02. The minimum absolute atomic E-state index is 0.311. The topological polar surface area (TPSA) is 12.0 Å². The number of hydrogen-bond donors (Lipinski definition) is 1. The Morgan fingerprint density at radius 3 is 2.36 bits per heavy atom. The maximum absolute atomic E-state index is 3.30. The molecular formula is C9H20IN. The van der Waals surface area contributed by atoms with E-state index < -0.39 is 0 Å². The first-order chi connectivity index (χ1) is 5.12. The van der Waals surface area contributed by atoms with Crippen molar-refractivity contribution in [2.45, 2.75) is 49.5 Å². The average Bonchev–Trinajstić information content (AvgIpc) is 1.99. The van der Waals surface area contributed by atoms with Crippen LogP contribution in [0.15, 0.2) is 0 Å². The summed E-state index contributed by atoms with van der Waals surface area (Å²) in [5.41, 5.74) is 0. The largest absolute Gasteiger partial charge is 0.306 e. The summed E-state index contributed by atoms with van der Waals surface area (Å²) in [5.74, 6) is 0. The summed E-state index contributed by atoms with van der Waals surface area (Å²) in [6.45, 7) is 4.50. The Morgan fingerprint density at radius 1 is 1.27 bits per heavy atom. The second-order valence-electron chi connectivity index (χ2n) is 3.26. The number of halogens is 1. The third kappa shape index (κ3) is 7.06. The van der Waals surface area contributed by atoms with Crippen LogP contribution in [0.25, 0.3) is 0 Å². The molecule has 0 aromatic rings. The molecule has 2 heteroatoms. The normalized spacial score (nSPS) is 16.4. The molecule has 1 N–H and O–H groups in total. The molecule has 0 aromatic heterocycles. The van der Waals surface area contributed by atoms with Crippen molar-refractivity contribution < 1.29 is 0 Å². The maximum atomic E-state index is 3.30. The SMILES string of the molecule is CCCCCCC(C)(I)NC. The zero-order valence-corrected chi connectivity index (χ0v) is 10.1. The van der Waals surface area contributed by atoms with Crippen molar-refractivity contribution >= 4 is 22.6 Å². The Labute approximate surface area is 84.5 Å². The molecular weight excluding hydrogens is 249 g/mol. The van der Waals surface area contributed by atoms with Crippen LogP contribution in [0.3, 0.4) is 0 Å². The molecule has 0 rings (SSSR count). The van der Waals surface area contributed by atoms with E-state index in [0.29, 0.717) is 3.55 Å². The van der Waals surface area contributed by atoms with Crippen molar-refractivity contribution in [3.63, 3.8) is 0 Å². The van der Waals surface area contributed by atoms with Crippen LogP contribution in [0.2, 0.25) is 0 Å². The first-order valence-electron chi connectivity index (χ1n) is 4.50. The molecule has 0 saturated carbocycles. The molecule has 0 bridgehead atoms. The van der Waals surface area contributed by atoms with E-state index in [1.54, 1.807) is 0 Å². The lowest BCUT2D eigenvalue weighted by molar-refractivity contribution is 0.499. The lowest BCUT2D eigenvalue weighted by Crippen LogP contribution is -2.32. The van der Waals surface area contributed by atoms with Crippen LogP contribution in [-0.2, 0) is 0 Å². The van der Waals surface area contributed by atoms with Gasteiger partial charge in [-0.15, -0.1) is 0 Å². The van der Waals surface area contributed by atoms with Crippen molar-refractivity contribution in [2.75, 3.05) is 7.05 Å². The van der Waals surface area contributed by atoms with Gasteiger partial charge in [-0.3, -0.25) is 0 Å². The summed E-state index contributed by atoms with van der Waals surface area (Å²) in [4.78, 5) is 0. The van der Waals surface area contributed by atoms with E-state index in [9.17, 15) is 0 Å². The molecule has 1 unspecified atom stereocenters. The Morgan fingerprint density at radius 2 is 1.91 bits per heavy atom. The zero-order chi connectivity index (χ0) is 8.74. The standard InChI is InChI=1S/C9H20IN/c1-4-5-6-7-8-9(2,10)11-3/h11H,4-8H2,1-3H3. The van der Waals surface area contributed by atoms with E-state index in [4.69, 9.17) is 0 Å². The highest BCUT2D eigenvalue weighted by Crippen LogP contribution is 2.21. The van der Waals surface area contributed by atoms with Gasteiger partial charge in [-0.2, -0.15) is 0 Å². The molecule has 68 valence electrons. The molecule has 0 amide bonds. The summed E-state index contributed by atoms with van der Waals surface area (Å²) >= 11 is 2.48. The second kappa shape index (κ2) is 6.23. The van der Waals surface area contributed by atoms with Gasteiger partial charge >= 0.3 is 0 Å². The van der Waals surface area contributed by atoms with E-state index in [1.807, 2.05) is 7.05 Å². The van der Waals surface area contributed by atoms with Gasteiger partial charge in [-0.05, 0) is 20.4 Å². The predicted molar refractivity (Wildman–Crippen MR) is 60.2 cm³/mol. The monoisotopic (exact) mass is 269 g/mol. The van der Waals surface area contributed by atoms with Crippen LogP contribution >= 0.6 is 22.6 Å². The third-order valence-corrected chi connectivity index (χ3v) is 3.10. The first-order valence-corrected chi connectivity index (χ1v) is 5.58. The Kier molecular flexibility index (Phi) is 6.62. The number of rotatable bonds is 6. The van der Waals surface area contributed by atoms with Gasteiger partial charge in [-0.25, -0.2) is 0 Å². The van der Waals surface area contributed by atoms with Gasteiger partial charge in [0.2, 0.25) is 0 Å². The number of nitrogens with one attached hydrogen (secondary N) is 1. The Bertz CT molecular complexity index is 91.6. The van der Waals surface area contributed by atoms with Gasteiger partial charge in [0.1, 0.15) is 0 Å². The molecule has 0 aliphatic heterocycles. The second-order valence-corrected chi connectivity index (χ2v) is 5.64. The van der Waals surface area contributed by atoms with Gasteiger partial charge in [0.05, 0.1) is 3.55 Å². The van der Waals surface area contributed by atoms with Gasteiger partial charge < -0.3 is 5.32 Å². The van der Waals surface area contributed by atoms with Crippen LogP contribution in [0.5, 0.6) is 0 Å².